The van der Waals surface area contributed by atoms with Crippen molar-refractivity contribution in [2.45, 2.75) is 63.2 Å². The average molecular weight is 461 g/mol. The molecule has 0 atom stereocenters. The van der Waals surface area contributed by atoms with Crippen LogP contribution < -0.4 is 5.32 Å². The zero-order valence-corrected chi connectivity index (χ0v) is 20.0. The fourth-order valence-corrected chi connectivity index (χ4v) is 5.74. The Morgan fingerprint density at radius 1 is 0.853 bits per heavy atom. The zero-order chi connectivity index (χ0) is 23.3. The molecule has 3 heterocycles. The van der Waals surface area contributed by atoms with Gasteiger partial charge < -0.3 is 15.1 Å². The standard InChI is InChI=1S/C28H36N4O2/c33-27(17-21-5-2-1-3-6-21)31-15-12-23(13-16-31)22-8-10-26(11-9-22)30-28(34)32-19-25(20-32)24-7-4-14-29-18-24/h4,7-11,14,18,21,23,25H,1-3,5-6,12-13,15-17,19-20H2,(H,30,34). The van der Waals surface area contributed by atoms with Crippen LogP contribution in [0.25, 0.3) is 0 Å². The minimum Gasteiger partial charge on any atom is -0.343 e. The van der Waals surface area contributed by atoms with Crippen molar-refractivity contribution in [1.82, 2.24) is 14.8 Å². The Morgan fingerprint density at radius 3 is 2.26 bits per heavy atom. The van der Waals surface area contributed by atoms with Crippen molar-refractivity contribution < 1.29 is 9.59 Å². The highest BCUT2D eigenvalue weighted by Gasteiger charge is 2.32. The normalized spacial score (nSPS) is 20.1. The van der Waals surface area contributed by atoms with E-state index in [1.165, 1.54) is 43.2 Å². The Labute approximate surface area is 202 Å². The Hall–Kier alpha value is -2.89. The summed E-state index contributed by atoms with van der Waals surface area (Å²) in [5.41, 5.74) is 3.33. The second kappa shape index (κ2) is 10.6. The molecule has 1 N–H and O–H groups in total. The first-order valence-electron chi connectivity index (χ1n) is 13.0. The monoisotopic (exact) mass is 460 g/mol. The lowest BCUT2D eigenvalue weighted by atomic mass is 9.85. The lowest BCUT2D eigenvalue weighted by Crippen LogP contribution is -2.50. The van der Waals surface area contributed by atoms with Crippen molar-refractivity contribution in [2.75, 3.05) is 31.5 Å². The molecule has 180 valence electrons. The minimum atomic E-state index is -0.0438. The molecule has 5 rings (SSSR count). The van der Waals surface area contributed by atoms with E-state index in [2.05, 4.69) is 33.4 Å². The van der Waals surface area contributed by atoms with Crippen LogP contribution in [0.5, 0.6) is 0 Å². The van der Waals surface area contributed by atoms with E-state index in [9.17, 15) is 9.59 Å². The molecule has 0 spiro atoms. The van der Waals surface area contributed by atoms with Crippen molar-refractivity contribution in [3.63, 3.8) is 0 Å². The molecule has 0 unspecified atom stereocenters. The van der Waals surface area contributed by atoms with Crippen LogP contribution in [0.4, 0.5) is 10.5 Å². The highest BCUT2D eigenvalue weighted by atomic mass is 16.2. The van der Waals surface area contributed by atoms with Gasteiger partial charge in [0.15, 0.2) is 0 Å². The lowest BCUT2D eigenvalue weighted by Gasteiger charge is -2.39. The summed E-state index contributed by atoms with van der Waals surface area (Å²) in [6, 6.07) is 12.3. The summed E-state index contributed by atoms with van der Waals surface area (Å²) in [5, 5.41) is 3.03. The fraction of sp³-hybridized carbons (Fsp3) is 0.536. The number of nitrogens with zero attached hydrogens (tertiary/aromatic N) is 3. The van der Waals surface area contributed by atoms with Gasteiger partial charge in [-0.05, 0) is 66.8 Å². The third-order valence-electron chi connectivity index (χ3n) is 7.99. The maximum atomic E-state index is 12.7. The van der Waals surface area contributed by atoms with Crippen LogP contribution in [0, 0.1) is 5.92 Å². The van der Waals surface area contributed by atoms with Gasteiger partial charge in [0.2, 0.25) is 5.91 Å². The van der Waals surface area contributed by atoms with Gasteiger partial charge in [-0.3, -0.25) is 9.78 Å². The van der Waals surface area contributed by atoms with E-state index < -0.39 is 0 Å². The minimum absolute atomic E-state index is 0.0438. The topological polar surface area (TPSA) is 65.5 Å². The number of carbonyl (C=O) groups is 2. The van der Waals surface area contributed by atoms with Crippen molar-refractivity contribution in [3.05, 3.63) is 59.9 Å². The van der Waals surface area contributed by atoms with Gasteiger partial charge in [0.25, 0.3) is 0 Å². The largest absolute Gasteiger partial charge is 0.343 e. The second-order valence-electron chi connectivity index (χ2n) is 10.3. The van der Waals surface area contributed by atoms with Gasteiger partial charge in [-0.1, -0.05) is 37.5 Å². The van der Waals surface area contributed by atoms with E-state index in [4.69, 9.17) is 0 Å². The number of amides is 3. The quantitative estimate of drug-likeness (QED) is 0.651. The van der Waals surface area contributed by atoms with Gasteiger partial charge in [-0.25, -0.2) is 4.79 Å². The summed E-state index contributed by atoms with van der Waals surface area (Å²) in [5.74, 6) is 1.83. The molecule has 1 saturated carbocycles. The van der Waals surface area contributed by atoms with Crippen molar-refractivity contribution in [2.24, 2.45) is 5.92 Å². The number of aromatic nitrogens is 1. The molecule has 6 heteroatoms. The van der Waals surface area contributed by atoms with E-state index in [-0.39, 0.29) is 6.03 Å². The number of rotatable bonds is 5. The highest BCUT2D eigenvalue weighted by Crippen LogP contribution is 2.32. The van der Waals surface area contributed by atoms with Crippen molar-refractivity contribution >= 4 is 17.6 Å². The molecule has 34 heavy (non-hydrogen) atoms. The summed E-state index contributed by atoms with van der Waals surface area (Å²) >= 11 is 0. The second-order valence-corrected chi connectivity index (χ2v) is 10.3. The number of hydrogen-bond acceptors (Lipinski definition) is 3. The molecule has 2 aromatic rings. The molecule has 1 aromatic heterocycles. The van der Waals surface area contributed by atoms with E-state index in [0.29, 0.717) is 23.7 Å². The van der Waals surface area contributed by atoms with E-state index in [1.807, 2.05) is 29.3 Å². The Bertz CT molecular complexity index is 958. The number of pyridine rings is 1. The van der Waals surface area contributed by atoms with E-state index >= 15 is 0 Å². The van der Waals surface area contributed by atoms with Gasteiger partial charge in [-0.2, -0.15) is 0 Å². The molecule has 2 saturated heterocycles. The molecular formula is C28H36N4O2. The summed E-state index contributed by atoms with van der Waals surface area (Å²) in [6.45, 7) is 3.19. The molecule has 1 aromatic carbocycles. The van der Waals surface area contributed by atoms with Gasteiger partial charge in [0.05, 0.1) is 0 Å². The highest BCUT2D eigenvalue weighted by molar-refractivity contribution is 5.90. The van der Waals surface area contributed by atoms with Gasteiger partial charge in [-0.15, -0.1) is 0 Å². The van der Waals surface area contributed by atoms with Crippen LogP contribution in [-0.4, -0.2) is 52.9 Å². The lowest BCUT2D eigenvalue weighted by molar-refractivity contribution is -0.133. The van der Waals surface area contributed by atoms with Gasteiger partial charge >= 0.3 is 6.03 Å². The van der Waals surface area contributed by atoms with E-state index in [1.54, 1.807) is 6.20 Å². The Kier molecular flexibility index (Phi) is 7.12. The fourth-order valence-electron chi connectivity index (χ4n) is 5.74. The van der Waals surface area contributed by atoms with Gasteiger partial charge in [0.1, 0.15) is 0 Å². The Balaban J connectivity index is 1.06. The SMILES string of the molecule is O=C(CC1CCCCC1)N1CCC(c2ccc(NC(=O)N3CC(c4cccnc4)C3)cc2)CC1. The van der Waals surface area contributed by atoms with Crippen LogP contribution in [-0.2, 0) is 4.79 Å². The van der Waals surface area contributed by atoms with Crippen LogP contribution in [0.1, 0.15) is 74.3 Å². The number of benzene rings is 1. The van der Waals surface area contributed by atoms with Crippen LogP contribution in [0.2, 0.25) is 0 Å². The molecule has 3 aliphatic rings. The Morgan fingerprint density at radius 2 is 1.59 bits per heavy atom. The number of hydrogen-bond donors (Lipinski definition) is 1. The van der Waals surface area contributed by atoms with Crippen LogP contribution in [0.3, 0.4) is 0 Å². The molecule has 2 aliphatic heterocycles. The molecule has 3 amide bonds. The smallest absolute Gasteiger partial charge is 0.321 e. The number of piperidine rings is 1. The maximum Gasteiger partial charge on any atom is 0.321 e. The number of anilines is 1. The van der Waals surface area contributed by atoms with Crippen LogP contribution in [0.15, 0.2) is 48.8 Å². The summed E-state index contributed by atoms with van der Waals surface area (Å²) < 4.78 is 0. The molecule has 1 aliphatic carbocycles. The summed E-state index contributed by atoms with van der Waals surface area (Å²) in [7, 11) is 0. The number of likely N-dealkylation sites (tertiary alicyclic amines) is 2. The van der Waals surface area contributed by atoms with E-state index in [0.717, 1.165) is 51.1 Å². The first-order chi connectivity index (χ1) is 16.7. The first kappa shape index (κ1) is 22.9. The number of urea groups is 1. The third-order valence-corrected chi connectivity index (χ3v) is 7.99. The predicted octanol–water partition coefficient (Wildman–Crippen LogP) is 5.39. The van der Waals surface area contributed by atoms with Crippen molar-refractivity contribution in [3.8, 4) is 0 Å². The maximum absolute atomic E-state index is 12.7. The van der Waals surface area contributed by atoms with Gasteiger partial charge in [0, 0.05) is 56.6 Å². The average Bonchev–Trinajstić information content (AvgIpc) is 2.85. The predicted molar refractivity (Wildman–Crippen MR) is 134 cm³/mol. The summed E-state index contributed by atoms with van der Waals surface area (Å²) in [4.78, 5) is 33.4. The molecule has 6 nitrogen and oxygen atoms in total. The number of carbonyl (C=O) groups excluding carboxylic acids is 2. The first-order valence-corrected chi connectivity index (χ1v) is 13.0. The molecule has 3 fully saturated rings. The summed E-state index contributed by atoms with van der Waals surface area (Å²) in [6.07, 6.45) is 12.8. The zero-order valence-electron chi connectivity index (χ0n) is 20.0. The number of nitrogens with one attached hydrogen (secondary N) is 1. The third kappa shape index (κ3) is 5.43. The molecular weight excluding hydrogens is 424 g/mol. The molecule has 0 radical (unpaired) electrons. The molecule has 0 bridgehead atoms. The van der Waals surface area contributed by atoms with Crippen molar-refractivity contribution in [1.29, 1.82) is 0 Å². The van der Waals surface area contributed by atoms with Crippen LogP contribution >= 0.6 is 0 Å².